The summed E-state index contributed by atoms with van der Waals surface area (Å²) in [6, 6.07) is 0. The molecule has 1 aliphatic heterocycles. The predicted octanol–water partition coefficient (Wildman–Crippen LogP) is -0.0580. The third kappa shape index (κ3) is 8.03. The summed E-state index contributed by atoms with van der Waals surface area (Å²) in [6.45, 7) is 3.38. The monoisotopic (exact) mass is 449 g/mol. The topological polar surface area (TPSA) is 150 Å². The zero-order chi connectivity index (χ0) is 22.2. The van der Waals surface area contributed by atoms with Crippen molar-refractivity contribution in [3.63, 3.8) is 0 Å². The molecule has 1 saturated heterocycles. The lowest BCUT2D eigenvalue weighted by Gasteiger charge is -2.14. The molecule has 1 fully saturated rings. The van der Waals surface area contributed by atoms with Gasteiger partial charge in [-0.3, -0.25) is 19.3 Å². The fourth-order valence-corrected chi connectivity index (χ4v) is 4.06. The van der Waals surface area contributed by atoms with Crippen molar-refractivity contribution in [1.29, 1.82) is 0 Å². The van der Waals surface area contributed by atoms with E-state index < -0.39 is 21.9 Å². The number of hydrogen-bond acceptors (Lipinski definition) is 8. The molecule has 2 heterocycles. The van der Waals surface area contributed by atoms with Crippen LogP contribution < -0.4 is 10.2 Å². The number of carbonyl (C=O) groups excluding carboxylic acids is 2. The molecule has 0 bridgehead atoms. The van der Waals surface area contributed by atoms with Crippen molar-refractivity contribution in [1.82, 2.24) is 19.8 Å². The number of sulfonamides is 1. The zero-order valence-corrected chi connectivity index (χ0v) is 18.5. The Hall–Kier alpha value is -2.12. The maximum Gasteiger partial charge on any atom is 0.300 e. The van der Waals surface area contributed by atoms with E-state index in [0.29, 0.717) is 5.13 Å². The summed E-state index contributed by atoms with van der Waals surface area (Å²) >= 11 is 1.36. The molecule has 11 nitrogen and oxygen atoms in total. The molecule has 1 aliphatic rings. The van der Waals surface area contributed by atoms with Crippen molar-refractivity contribution in [3.05, 3.63) is 5.01 Å². The lowest BCUT2D eigenvalue weighted by Crippen LogP contribution is -2.37. The fraction of sp³-hybridized carbons (Fsp3) is 0.688. The Morgan fingerprint density at radius 3 is 2.52 bits per heavy atom. The first-order valence-corrected chi connectivity index (χ1v) is 11.4. The van der Waals surface area contributed by atoms with Gasteiger partial charge in [-0.1, -0.05) is 18.3 Å². The molecule has 0 spiro atoms. The van der Waals surface area contributed by atoms with E-state index in [1.165, 1.54) is 30.3 Å². The Labute approximate surface area is 174 Å². The van der Waals surface area contributed by atoms with E-state index in [0.717, 1.165) is 29.1 Å². The van der Waals surface area contributed by atoms with E-state index in [1.54, 1.807) is 0 Å². The van der Waals surface area contributed by atoms with E-state index >= 15 is 0 Å². The first-order valence-electron chi connectivity index (χ1n) is 8.98. The number of rotatable bonds is 8. The van der Waals surface area contributed by atoms with Gasteiger partial charge in [0.2, 0.25) is 27.0 Å². The van der Waals surface area contributed by atoms with Gasteiger partial charge in [0.05, 0.1) is 11.7 Å². The van der Waals surface area contributed by atoms with Crippen LogP contribution in [0.2, 0.25) is 0 Å². The highest BCUT2D eigenvalue weighted by Crippen LogP contribution is 2.28. The fourth-order valence-electron chi connectivity index (χ4n) is 2.37. The minimum absolute atomic E-state index is 0.0174. The number of anilines is 1. The quantitative estimate of drug-likeness (QED) is 0.560. The molecule has 0 aliphatic carbocycles. The van der Waals surface area contributed by atoms with Crippen molar-refractivity contribution < 1.29 is 27.9 Å². The minimum atomic E-state index is -3.36. The lowest BCUT2D eigenvalue weighted by molar-refractivity contribution is -0.134. The summed E-state index contributed by atoms with van der Waals surface area (Å²) in [6.07, 6.45) is 1.85. The molecule has 29 heavy (non-hydrogen) atoms. The Balaban J connectivity index is 0.000000960. The minimum Gasteiger partial charge on any atom is -0.481 e. The highest BCUT2D eigenvalue weighted by molar-refractivity contribution is 7.89. The number of amides is 2. The van der Waals surface area contributed by atoms with Crippen LogP contribution in [0.1, 0.15) is 31.7 Å². The molecule has 164 valence electrons. The molecule has 0 radical (unpaired) electrons. The van der Waals surface area contributed by atoms with Crippen LogP contribution in [0.15, 0.2) is 0 Å². The maximum absolute atomic E-state index is 12.2. The molecule has 1 aromatic heterocycles. The SMILES string of the molecule is CC(=O)O.CCCc1nnc(N2CC(C(=O)NCCS(=O)(=O)N(C)C)CC2=O)s1. The molecule has 1 unspecified atom stereocenters. The number of aryl methyl sites for hydroxylation is 1. The first-order chi connectivity index (χ1) is 13.5. The molecule has 0 saturated carbocycles. The number of aromatic nitrogens is 2. The van der Waals surface area contributed by atoms with Gasteiger partial charge in [0.25, 0.3) is 5.97 Å². The predicted molar refractivity (Wildman–Crippen MR) is 108 cm³/mol. The average molecular weight is 450 g/mol. The van der Waals surface area contributed by atoms with Crippen LogP contribution in [0, 0.1) is 5.92 Å². The van der Waals surface area contributed by atoms with Crippen molar-refractivity contribution in [2.24, 2.45) is 5.92 Å². The number of carbonyl (C=O) groups is 3. The normalized spacial score (nSPS) is 16.5. The number of carboxylic acid groups (broad SMARTS) is 1. The Morgan fingerprint density at radius 2 is 1.97 bits per heavy atom. The standard InChI is InChI=1S/C14H23N5O4S2.C2H4O2/c1-4-5-11-16-17-14(24-11)19-9-10(8-12(19)20)13(21)15-6-7-25(22,23)18(2)3;1-2(3)4/h10H,4-9H2,1-3H3,(H,15,21);1H3,(H,3,4). The lowest BCUT2D eigenvalue weighted by atomic mass is 10.1. The van der Waals surface area contributed by atoms with E-state index in [2.05, 4.69) is 15.5 Å². The average Bonchev–Trinajstić information content (AvgIpc) is 3.20. The molecule has 1 aromatic rings. The second-order valence-corrected chi connectivity index (χ2v) is 9.89. The highest BCUT2D eigenvalue weighted by atomic mass is 32.2. The highest BCUT2D eigenvalue weighted by Gasteiger charge is 2.36. The number of carboxylic acids is 1. The van der Waals surface area contributed by atoms with Crippen LogP contribution in [0.25, 0.3) is 0 Å². The van der Waals surface area contributed by atoms with Crippen molar-refractivity contribution in [3.8, 4) is 0 Å². The van der Waals surface area contributed by atoms with Gasteiger partial charge in [-0.15, -0.1) is 10.2 Å². The van der Waals surface area contributed by atoms with Crippen LogP contribution in [-0.2, 0) is 30.8 Å². The van der Waals surface area contributed by atoms with Crippen LogP contribution in [-0.4, -0.2) is 78.7 Å². The summed E-state index contributed by atoms with van der Waals surface area (Å²) in [5.41, 5.74) is 0. The number of aliphatic carboxylic acids is 1. The summed E-state index contributed by atoms with van der Waals surface area (Å²) in [5, 5.41) is 19.5. The molecule has 0 aromatic carbocycles. The van der Waals surface area contributed by atoms with E-state index in [-0.39, 0.29) is 37.1 Å². The molecule has 2 rings (SSSR count). The summed E-state index contributed by atoms with van der Waals surface area (Å²) in [5.74, 6) is -2.00. The van der Waals surface area contributed by atoms with Crippen LogP contribution in [0.5, 0.6) is 0 Å². The Bertz CT molecular complexity index is 820. The zero-order valence-electron chi connectivity index (χ0n) is 16.9. The van der Waals surface area contributed by atoms with Crippen LogP contribution >= 0.6 is 11.3 Å². The third-order valence-corrected chi connectivity index (χ3v) is 6.70. The van der Waals surface area contributed by atoms with Gasteiger partial charge >= 0.3 is 0 Å². The molecule has 2 N–H and O–H groups in total. The summed E-state index contributed by atoms with van der Waals surface area (Å²) < 4.78 is 24.5. The van der Waals surface area contributed by atoms with Crippen molar-refractivity contribution in [2.75, 3.05) is 37.8 Å². The number of nitrogens with zero attached hydrogens (tertiary/aromatic N) is 4. The maximum atomic E-state index is 12.2. The van der Waals surface area contributed by atoms with Gasteiger partial charge in [-0.2, -0.15) is 0 Å². The molecular formula is C16H27N5O6S2. The van der Waals surface area contributed by atoms with E-state index in [9.17, 15) is 18.0 Å². The number of hydrogen-bond donors (Lipinski definition) is 2. The Kier molecular flexibility index (Phi) is 9.59. The molecule has 13 heteroatoms. The smallest absolute Gasteiger partial charge is 0.300 e. The van der Waals surface area contributed by atoms with Gasteiger partial charge < -0.3 is 10.4 Å². The molecule has 1 atom stereocenters. The first kappa shape index (κ1) is 24.9. The number of nitrogens with one attached hydrogen (secondary N) is 1. The van der Waals surface area contributed by atoms with Gasteiger partial charge in [-0.05, 0) is 6.42 Å². The summed E-state index contributed by atoms with van der Waals surface area (Å²) in [7, 11) is -0.472. The third-order valence-electron chi connectivity index (χ3n) is 3.86. The van der Waals surface area contributed by atoms with E-state index in [1.807, 2.05) is 6.92 Å². The Morgan fingerprint density at radius 1 is 1.34 bits per heavy atom. The van der Waals surface area contributed by atoms with Gasteiger partial charge in [0.15, 0.2) is 0 Å². The molecular weight excluding hydrogens is 422 g/mol. The van der Waals surface area contributed by atoms with Crippen molar-refractivity contribution >= 4 is 44.3 Å². The van der Waals surface area contributed by atoms with Crippen LogP contribution in [0.3, 0.4) is 0 Å². The second-order valence-electron chi connectivity index (χ2n) is 6.54. The van der Waals surface area contributed by atoms with Gasteiger partial charge in [-0.25, -0.2) is 12.7 Å². The largest absolute Gasteiger partial charge is 0.481 e. The van der Waals surface area contributed by atoms with Gasteiger partial charge in [0, 0.05) is 47.0 Å². The molecule has 2 amide bonds. The van der Waals surface area contributed by atoms with E-state index in [4.69, 9.17) is 9.90 Å². The van der Waals surface area contributed by atoms with Crippen molar-refractivity contribution in [2.45, 2.75) is 33.1 Å². The second kappa shape index (κ2) is 11.2. The van der Waals surface area contributed by atoms with Gasteiger partial charge in [0.1, 0.15) is 5.01 Å². The van der Waals surface area contributed by atoms with Crippen LogP contribution in [0.4, 0.5) is 5.13 Å². The summed E-state index contributed by atoms with van der Waals surface area (Å²) in [4.78, 5) is 34.8.